The number of hydrogen-bond acceptors (Lipinski definition) is 7. The lowest BCUT2D eigenvalue weighted by Crippen LogP contribution is -2.52. The zero-order valence-electron chi connectivity index (χ0n) is 17.0. The van der Waals surface area contributed by atoms with E-state index >= 15 is 0 Å². The predicted octanol–water partition coefficient (Wildman–Crippen LogP) is 1.58. The lowest BCUT2D eigenvalue weighted by Gasteiger charge is -2.38. The molecule has 0 spiro atoms. The zero-order valence-corrected chi connectivity index (χ0v) is 17.0. The van der Waals surface area contributed by atoms with E-state index in [0.717, 1.165) is 50.6 Å². The first-order valence-electron chi connectivity index (χ1n) is 10.1. The minimum Gasteiger partial charge on any atom is -0.366 e. The zero-order chi connectivity index (χ0) is 20.4. The molecule has 4 heterocycles. The standard InChI is InChI=1S/C20H28N8O/c1-4-23-17(12-21-3)24-20(29)28-15-7-9-26(13-15)16-5-6-18(25-19(16)28)27-10-8-22-11-14(27)2/h4-6,12,14-15,22H,3,7-11,13H2,1-2H3,(H,24,29)/b17-12+,23-4-/t14-,15-/m0/s1. The number of pyridine rings is 1. The Hall–Kier alpha value is -2.94. The van der Waals surface area contributed by atoms with Crippen LogP contribution in [0.5, 0.6) is 0 Å². The Bertz CT molecular complexity index is 851. The summed E-state index contributed by atoms with van der Waals surface area (Å²) in [5.74, 6) is 1.99. The Kier molecular flexibility index (Phi) is 5.48. The molecule has 2 saturated heterocycles. The number of aromatic nitrogens is 1. The summed E-state index contributed by atoms with van der Waals surface area (Å²) in [5.41, 5.74) is 1.01. The number of piperazine rings is 1. The van der Waals surface area contributed by atoms with E-state index in [0.29, 0.717) is 17.7 Å². The van der Waals surface area contributed by atoms with Crippen LogP contribution in [0.25, 0.3) is 0 Å². The summed E-state index contributed by atoms with van der Waals surface area (Å²) in [6, 6.07) is 4.37. The monoisotopic (exact) mass is 396 g/mol. The van der Waals surface area contributed by atoms with Crippen molar-refractivity contribution in [3.05, 3.63) is 24.2 Å². The number of urea groups is 1. The van der Waals surface area contributed by atoms with E-state index in [-0.39, 0.29) is 12.1 Å². The SMILES string of the molecule is C=N/C=C(\N=C/C)NC(=O)N1c2nc(N3CCNC[C@@H]3C)ccc2N2CC[C@H]1C2. The maximum atomic E-state index is 13.2. The van der Waals surface area contributed by atoms with Crippen molar-refractivity contribution in [2.24, 2.45) is 9.98 Å². The molecule has 0 aromatic carbocycles. The molecule has 2 bridgehead atoms. The van der Waals surface area contributed by atoms with Gasteiger partial charge in [0.1, 0.15) is 5.82 Å². The van der Waals surface area contributed by atoms with Crippen LogP contribution >= 0.6 is 0 Å². The van der Waals surface area contributed by atoms with Gasteiger partial charge in [0, 0.05) is 45.0 Å². The van der Waals surface area contributed by atoms with Crippen molar-refractivity contribution in [1.82, 2.24) is 15.6 Å². The Labute approximate surface area is 171 Å². The second-order valence-electron chi connectivity index (χ2n) is 7.53. The molecule has 1 aromatic rings. The molecule has 4 rings (SSSR count). The Morgan fingerprint density at radius 1 is 1.41 bits per heavy atom. The van der Waals surface area contributed by atoms with Gasteiger partial charge in [0.05, 0.1) is 17.9 Å². The van der Waals surface area contributed by atoms with Crippen molar-refractivity contribution >= 4 is 36.3 Å². The number of amides is 2. The van der Waals surface area contributed by atoms with Crippen molar-refractivity contribution in [2.75, 3.05) is 47.4 Å². The molecule has 0 saturated carbocycles. The fourth-order valence-corrected chi connectivity index (χ4v) is 4.30. The summed E-state index contributed by atoms with van der Waals surface area (Å²) in [5, 5.41) is 6.26. The third-order valence-electron chi connectivity index (χ3n) is 5.67. The topological polar surface area (TPSA) is 88.5 Å². The first kappa shape index (κ1) is 19.4. The maximum Gasteiger partial charge on any atom is 0.329 e. The van der Waals surface area contributed by atoms with Crippen molar-refractivity contribution in [1.29, 1.82) is 0 Å². The molecule has 29 heavy (non-hydrogen) atoms. The number of hydrogen-bond donors (Lipinski definition) is 2. The van der Waals surface area contributed by atoms with Crippen LogP contribution in [0, 0.1) is 0 Å². The van der Waals surface area contributed by atoms with Gasteiger partial charge in [-0.2, -0.15) is 0 Å². The minimum atomic E-state index is -0.240. The minimum absolute atomic E-state index is 0.0919. The van der Waals surface area contributed by atoms with Crippen LogP contribution in [-0.2, 0) is 0 Å². The molecule has 0 aliphatic carbocycles. The number of carbonyl (C=O) groups is 1. The smallest absolute Gasteiger partial charge is 0.329 e. The number of aliphatic imine (C=N–C) groups is 2. The van der Waals surface area contributed by atoms with E-state index in [1.807, 2.05) is 0 Å². The first-order chi connectivity index (χ1) is 14.1. The summed E-state index contributed by atoms with van der Waals surface area (Å²) >= 11 is 0. The van der Waals surface area contributed by atoms with Crippen molar-refractivity contribution in [2.45, 2.75) is 32.4 Å². The summed E-state index contributed by atoms with van der Waals surface area (Å²) in [7, 11) is 0. The van der Waals surface area contributed by atoms with Crippen LogP contribution in [0.3, 0.4) is 0 Å². The number of carbonyl (C=O) groups excluding carboxylic acids is 1. The van der Waals surface area contributed by atoms with Crippen molar-refractivity contribution in [3.8, 4) is 0 Å². The van der Waals surface area contributed by atoms with Crippen molar-refractivity contribution in [3.63, 3.8) is 0 Å². The highest BCUT2D eigenvalue weighted by Gasteiger charge is 2.40. The van der Waals surface area contributed by atoms with Gasteiger partial charge in [0.15, 0.2) is 11.6 Å². The third kappa shape index (κ3) is 3.69. The van der Waals surface area contributed by atoms with Crippen LogP contribution in [0.2, 0.25) is 0 Å². The van der Waals surface area contributed by atoms with E-state index in [2.05, 4.69) is 56.2 Å². The van der Waals surface area contributed by atoms with E-state index in [9.17, 15) is 4.79 Å². The largest absolute Gasteiger partial charge is 0.366 e. The number of rotatable bonds is 4. The molecule has 2 atom stereocenters. The number of anilines is 3. The van der Waals surface area contributed by atoms with Crippen molar-refractivity contribution < 1.29 is 4.79 Å². The van der Waals surface area contributed by atoms with Gasteiger partial charge in [-0.05, 0) is 39.1 Å². The quantitative estimate of drug-likeness (QED) is 0.755. The van der Waals surface area contributed by atoms with Crippen LogP contribution in [0.1, 0.15) is 20.3 Å². The summed E-state index contributed by atoms with van der Waals surface area (Å²) < 4.78 is 0. The molecule has 2 N–H and O–H groups in total. The Morgan fingerprint density at radius 2 is 2.28 bits per heavy atom. The van der Waals surface area contributed by atoms with Gasteiger partial charge in [-0.15, -0.1) is 0 Å². The molecule has 0 unspecified atom stereocenters. The van der Waals surface area contributed by atoms with Gasteiger partial charge >= 0.3 is 6.03 Å². The fraction of sp³-hybridized carbons (Fsp3) is 0.500. The fourth-order valence-electron chi connectivity index (χ4n) is 4.30. The molecule has 154 valence electrons. The number of fused-ring (bicyclic) bond motifs is 4. The van der Waals surface area contributed by atoms with E-state index in [1.165, 1.54) is 6.20 Å². The molecule has 3 aliphatic rings. The lowest BCUT2D eigenvalue weighted by atomic mass is 10.1. The van der Waals surface area contributed by atoms with Gasteiger partial charge in [-0.25, -0.2) is 14.8 Å². The summed E-state index contributed by atoms with van der Waals surface area (Å²) in [4.78, 5) is 32.5. The summed E-state index contributed by atoms with van der Waals surface area (Å²) in [6.07, 6.45) is 3.97. The molecule has 0 radical (unpaired) electrons. The molecule has 2 amide bonds. The Morgan fingerprint density at radius 3 is 3.03 bits per heavy atom. The molecular formula is C20H28N8O. The first-order valence-corrected chi connectivity index (χ1v) is 10.1. The predicted molar refractivity (Wildman–Crippen MR) is 117 cm³/mol. The highest BCUT2D eigenvalue weighted by atomic mass is 16.2. The van der Waals surface area contributed by atoms with Crippen LogP contribution in [-0.4, -0.2) is 68.8 Å². The van der Waals surface area contributed by atoms with Gasteiger partial charge < -0.3 is 15.1 Å². The van der Waals surface area contributed by atoms with Gasteiger partial charge in [-0.1, -0.05) is 0 Å². The molecule has 9 nitrogen and oxygen atoms in total. The van der Waals surface area contributed by atoms with Crippen LogP contribution in [0.4, 0.5) is 22.1 Å². The number of nitrogens with zero attached hydrogens (tertiary/aromatic N) is 6. The van der Waals surface area contributed by atoms with E-state index in [1.54, 1.807) is 18.0 Å². The third-order valence-corrected chi connectivity index (χ3v) is 5.67. The maximum absolute atomic E-state index is 13.2. The molecular weight excluding hydrogens is 368 g/mol. The average Bonchev–Trinajstić information content (AvgIpc) is 3.13. The van der Waals surface area contributed by atoms with Gasteiger partial charge in [0.25, 0.3) is 0 Å². The molecule has 9 heteroatoms. The van der Waals surface area contributed by atoms with Crippen LogP contribution < -0.4 is 25.3 Å². The Balaban J connectivity index is 1.67. The molecule has 3 aliphatic heterocycles. The highest BCUT2D eigenvalue weighted by Crippen LogP contribution is 2.40. The highest BCUT2D eigenvalue weighted by molar-refractivity contribution is 5.98. The second kappa shape index (κ2) is 8.20. The van der Waals surface area contributed by atoms with Gasteiger partial charge in [0.2, 0.25) is 0 Å². The van der Waals surface area contributed by atoms with E-state index < -0.39 is 0 Å². The number of nitrogens with one attached hydrogen (secondary N) is 2. The summed E-state index contributed by atoms with van der Waals surface area (Å²) in [6.45, 7) is 11.9. The van der Waals surface area contributed by atoms with Gasteiger partial charge in [-0.3, -0.25) is 15.2 Å². The van der Waals surface area contributed by atoms with Crippen LogP contribution in [0.15, 0.2) is 34.1 Å². The average molecular weight is 396 g/mol. The molecule has 2 fully saturated rings. The lowest BCUT2D eigenvalue weighted by molar-refractivity contribution is 0.246. The van der Waals surface area contributed by atoms with E-state index in [4.69, 9.17) is 4.98 Å². The molecule has 1 aromatic heterocycles. The normalized spacial score (nSPS) is 24.1. The second-order valence-corrected chi connectivity index (χ2v) is 7.53.